The first-order chi connectivity index (χ1) is 9.19. The van der Waals surface area contributed by atoms with Crippen molar-refractivity contribution in [1.29, 1.82) is 0 Å². The highest BCUT2D eigenvalue weighted by atomic mass is 16.5. The zero-order chi connectivity index (χ0) is 15.0. The molecule has 0 spiro atoms. The fraction of sp³-hybridized carbons (Fsp3) is 0.400. The summed E-state index contributed by atoms with van der Waals surface area (Å²) in [6.07, 6.45) is 0. The van der Waals surface area contributed by atoms with Crippen molar-refractivity contribution in [2.45, 2.75) is 38.9 Å². The Hall–Kier alpha value is -1.59. The molecule has 2 rings (SSSR count). The number of hydrogen-bond donors (Lipinski definition) is 2. The van der Waals surface area contributed by atoms with Gasteiger partial charge >= 0.3 is 7.48 Å². The molecule has 1 radical (unpaired) electrons. The van der Waals surface area contributed by atoms with E-state index in [1.54, 1.807) is 27.4 Å². The molecule has 0 fully saturated rings. The molecule has 4 nitrogen and oxygen atoms in total. The van der Waals surface area contributed by atoms with Gasteiger partial charge in [0.05, 0.1) is 11.2 Å². The van der Waals surface area contributed by atoms with E-state index in [9.17, 15) is 9.90 Å². The molecule has 20 heavy (non-hydrogen) atoms. The van der Waals surface area contributed by atoms with Crippen molar-refractivity contribution < 1.29 is 9.76 Å². The molecule has 2 aromatic rings. The Morgan fingerprint density at radius 3 is 2.45 bits per heavy atom. The summed E-state index contributed by atoms with van der Waals surface area (Å²) in [4.78, 5) is 14.1. The van der Waals surface area contributed by atoms with E-state index in [2.05, 4.69) is 4.98 Å². The Labute approximate surface area is 119 Å². The van der Waals surface area contributed by atoms with Gasteiger partial charge in [-0.3, -0.25) is 4.79 Å². The van der Waals surface area contributed by atoms with Gasteiger partial charge in [-0.15, -0.1) is 0 Å². The summed E-state index contributed by atoms with van der Waals surface area (Å²) in [6, 6.07) is 8.94. The van der Waals surface area contributed by atoms with Crippen LogP contribution in [0.5, 0.6) is 0 Å². The van der Waals surface area contributed by atoms with Gasteiger partial charge in [0.1, 0.15) is 0 Å². The van der Waals surface area contributed by atoms with Crippen LogP contribution < -0.4 is 11.0 Å². The maximum atomic E-state index is 11.3. The van der Waals surface area contributed by atoms with Gasteiger partial charge in [-0.1, -0.05) is 17.6 Å². The van der Waals surface area contributed by atoms with E-state index in [0.717, 1.165) is 16.4 Å². The number of hydrogen-bond acceptors (Lipinski definition) is 3. The van der Waals surface area contributed by atoms with Crippen LogP contribution in [-0.2, 0) is 4.65 Å². The minimum absolute atomic E-state index is 0.132. The molecule has 1 heterocycles. The van der Waals surface area contributed by atoms with Crippen molar-refractivity contribution >= 4 is 23.8 Å². The molecule has 0 saturated heterocycles. The number of H-pyrrole nitrogens is 1. The maximum Gasteiger partial charge on any atom is 0.330 e. The molecule has 0 amide bonds. The molecule has 1 aromatic heterocycles. The van der Waals surface area contributed by atoms with Gasteiger partial charge in [0, 0.05) is 11.6 Å². The molecule has 0 unspecified atom stereocenters. The van der Waals surface area contributed by atoms with E-state index in [-0.39, 0.29) is 5.56 Å². The van der Waals surface area contributed by atoms with Crippen molar-refractivity contribution in [2.24, 2.45) is 0 Å². The predicted octanol–water partition coefficient (Wildman–Crippen LogP) is 1.34. The van der Waals surface area contributed by atoms with Crippen LogP contribution in [0.4, 0.5) is 0 Å². The molecule has 0 aliphatic carbocycles. The van der Waals surface area contributed by atoms with Crippen molar-refractivity contribution in [2.75, 3.05) is 0 Å². The van der Waals surface area contributed by atoms with E-state index >= 15 is 0 Å². The normalized spacial score (nSPS) is 12.7. The van der Waals surface area contributed by atoms with Crippen LogP contribution in [0.1, 0.15) is 27.7 Å². The van der Waals surface area contributed by atoms with Crippen molar-refractivity contribution in [3.63, 3.8) is 0 Å². The quantitative estimate of drug-likeness (QED) is 0.825. The second kappa shape index (κ2) is 5.07. The molecule has 0 aliphatic rings. The molecular weight excluding hydrogens is 253 g/mol. The van der Waals surface area contributed by atoms with Crippen LogP contribution in [0.15, 0.2) is 35.1 Å². The summed E-state index contributed by atoms with van der Waals surface area (Å²) in [5.41, 5.74) is -0.222. The zero-order valence-corrected chi connectivity index (χ0v) is 12.2. The van der Waals surface area contributed by atoms with Gasteiger partial charge in [0.15, 0.2) is 0 Å². The fourth-order valence-corrected chi connectivity index (χ4v) is 1.60. The van der Waals surface area contributed by atoms with Gasteiger partial charge < -0.3 is 14.7 Å². The molecule has 0 bridgehead atoms. The lowest BCUT2D eigenvalue weighted by Crippen LogP contribution is -2.49. The average Bonchev–Trinajstić information content (AvgIpc) is 2.34. The van der Waals surface area contributed by atoms with Crippen LogP contribution in [0.25, 0.3) is 10.9 Å². The third-order valence-corrected chi connectivity index (χ3v) is 3.71. The number of aromatic nitrogens is 1. The Morgan fingerprint density at radius 1 is 1.15 bits per heavy atom. The molecule has 5 heteroatoms. The predicted molar refractivity (Wildman–Crippen MR) is 81.4 cm³/mol. The first-order valence-electron chi connectivity index (χ1n) is 6.55. The van der Waals surface area contributed by atoms with Crippen LogP contribution in [0.2, 0.25) is 0 Å². The minimum atomic E-state index is -0.964. The molecule has 1 aromatic carbocycles. The lowest BCUT2D eigenvalue weighted by Gasteiger charge is -2.37. The highest BCUT2D eigenvalue weighted by Gasteiger charge is 2.35. The number of aliphatic hydroxyl groups is 1. The molecule has 0 saturated carbocycles. The second-order valence-corrected chi connectivity index (χ2v) is 5.97. The number of benzene rings is 1. The number of aromatic amines is 1. The molecular formula is C15H19BNO3. The summed E-state index contributed by atoms with van der Waals surface area (Å²) in [5, 5.41) is 11.0. The summed E-state index contributed by atoms with van der Waals surface area (Å²) in [6.45, 7) is 7.07. The Kier molecular flexibility index (Phi) is 3.76. The van der Waals surface area contributed by atoms with Crippen molar-refractivity contribution in [3.05, 3.63) is 40.7 Å². The van der Waals surface area contributed by atoms with Gasteiger partial charge in [-0.2, -0.15) is 0 Å². The van der Waals surface area contributed by atoms with E-state index in [1.807, 2.05) is 32.0 Å². The van der Waals surface area contributed by atoms with Gasteiger partial charge in [0.25, 0.3) is 0 Å². The number of rotatable bonds is 4. The van der Waals surface area contributed by atoms with Crippen LogP contribution in [-0.4, -0.2) is 28.8 Å². The summed E-state index contributed by atoms with van der Waals surface area (Å²) in [7, 11) is 1.60. The number of fused-ring (bicyclic) bond motifs is 1. The number of pyridine rings is 1. The minimum Gasteiger partial charge on any atom is -0.427 e. The first kappa shape index (κ1) is 14.8. The standard InChI is InChI=1S/C15H19BNO3/c1-14(2,19)15(3,4)20-16-11-7-5-10-6-8-13(18)17-12(10)9-11/h5-9,19H,1-4H3,(H,17,18). The lowest BCUT2D eigenvalue weighted by molar-refractivity contribution is -0.0893. The Balaban J connectivity index is 2.20. The third-order valence-electron chi connectivity index (χ3n) is 3.71. The largest absolute Gasteiger partial charge is 0.427 e. The molecule has 0 atom stereocenters. The Morgan fingerprint density at radius 2 is 1.80 bits per heavy atom. The maximum absolute atomic E-state index is 11.3. The van der Waals surface area contributed by atoms with Crippen LogP contribution in [0, 0.1) is 0 Å². The lowest BCUT2D eigenvalue weighted by atomic mass is 9.82. The van der Waals surface area contributed by atoms with Crippen LogP contribution >= 0.6 is 0 Å². The second-order valence-electron chi connectivity index (χ2n) is 5.97. The van der Waals surface area contributed by atoms with Gasteiger partial charge in [-0.05, 0) is 45.2 Å². The van der Waals surface area contributed by atoms with E-state index in [4.69, 9.17) is 4.65 Å². The van der Waals surface area contributed by atoms with E-state index in [1.165, 1.54) is 6.07 Å². The number of nitrogens with one attached hydrogen (secondary N) is 1. The Bertz CT molecular complexity index is 671. The monoisotopic (exact) mass is 272 g/mol. The van der Waals surface area contributed by atoms with Crippen LogP contribution in [0.3, 0.4) is 0 Å². The zero-order valence-electron chi connectivity index (χ0n) is 12.2. The van der Waals surface area contributed by atoms with E-state index in [0.29, 0.717) is 0 Å². The highest BCUT2D eigenvalue weighted by molar-refractivity contribution is 6.47. The SMILES string of the molecule is CC(C)(O)C(C)(C)O[B]c1ccc2ccc(=O)[nH]c2c1. The smallest absolute Gasteiger partial charge is 0.330 e. The van der Waals surface area contributed by atoms with Gasteiger partial charge in [0.2, 0.25) is 5.56 Å². The fourth-order valence-electron chi connectivity index (χ4n) is 1.60. The van der Waals surface area contributed by atoms with Crippen molar-refractivity contribution in [3.8, 4) is 0 Å². The topological polar surface area (TPSA) is 62.3 Å². The van der Waals surface area contributed by atoms with Crippen molar-refractivity contribution in [1.82, 2.24) is 4.98 Å². The molecule has 105 valence electrons. The van der Waals surface area contributed by atoms with E-state index < -0.39 is 11.2 Å². The summed E-state index contributed by atoms with van der Waals surface area (Å²) >= 11 is 0. The third kappa shape index (κ3) is 3.11. The summed E-state index contributed by atoms with van der Waals surface area (Å²) < 4.78 is 5.69. The first-order valence-corrected chi connectivity index (χ1v) is 6.55. The van der Waals surface area contributed by atoms with Gasteiger partial charge in [-0.25, -0.2) is 0 Å². The molecule has 2 N–H and O–H groups in total. The highest BCUT2D eigenvalue weighted by Crippen LogP contribution is 2.24. The average molecular weight is 272 g/mol. The summed E-state index contributed by atoms with van der Waals surface area (Å²) in [5.74, 6) is 0. The molecule has 0 aliphatic heterocycles.